The van der Waals surface area contributed by atoms with Crippen LogP contribution in [0.3, 0.4) is 0 Å². The number of carbonyl (C=O) groups is 1. The minimum Gasteiger partial charge on any atom is -0.321 e. The van der Waals surface area contributed by atoms with E-state index in [1.165, 1.54) is 11.6 Å². The van der Waals surface area contributed by atoms with Crippen LogP contribution in [0.5, 0.6) is 0 Å². The van der Waals surface area contributed by atoms with E-state index in [-0.39, 0.29) is 5.91 Å². The van der Waals surface area contributed by atoms with Gasteiger partial charge in [0.25, 0.3) is 0 Å². The summed E-state index contributed by atoms with van der Waals surface area (Å²) in [6.07, 6.45) is 5.19. The minimum atomic E-state index is -0.309. The first-order valence-electron chi connectivity index (χ1n) is 9.41. The SMILES string of the molecule is Cc1ccc(-c2nc3cc(C)ccn3c2/C=C/C(=O)Nc2cccc(Cl)c2Cl)cc1. The average molecular weight is 436 g/mol. The number of rotatable bonds is 4. The number of anilines is 1. The molecule has 1 amide bonds. The molecule has 0 radical (unpaired) electrons. The fourth-order valence-corrected chi connectivity index (χ4v) is 3.53. The van der Waals surface area contributed by atoms with Crippen molar-refractivity contribution in [2.75, 3.05) is 5.32 Å². The van der Waals surface area contributed by atoms with E-state index >= 15 is 0 Å². The number of halogens is 2. The van der Waals surface area contributed by atoms with E-state index in [1.807, 2.05) is 60.8 Å². The van der Waals surface area contributed by atoms with E-state index < -0.39 is 0 Å². The molecule has 2 heterocycles. The molecule has 0 saturated heterocycles. The number of amides is 1. The number of nitrogens with zero attached hydrogens (tertiary/aromatic N) is 2. The number of imidazole rings is 1. The molecule has 0 saturated carbocycles. The van der Waals surface area contributed by atoms with Gasteiger partial charge in [-0.15, -0.1) is 0 Å². The molecule has 0 aliphatic heterocycles. The molecular weight excluding hydrogens is 417 g/mol. The Balaban J connectivity index is 1.72. The van der Waals surface area contributed by atoms with Gasteiger partial charge in [-0.2, -0.15) is 0 Å². The van der Waals surface area contributed by atoms with Crippen molar-refractivity contribution in [2.24, 2.45) is 0 Å². The third-order valence-electron chi connectivity index (χ3n) is 4.75. The summed E-state index contributed by atoms with van der Waals surface area (Å²) in [5, 5.41) is 3.46. The monoisotopic (exact) mass is 435 g/mol. The predicted molar refractivity (Wildman–Crippen MR) is 124 cm³/mol. The van der Waals surface area contributed by atoms with Crippen LogP contribution in [-0.4, -0.2) is 15.3 Å². The molecule has 0 unspecified atom stereocenters. The summed E-state index contributed by atoms with van der Waals surface area (Å²) in [4.78, 5) is 17.3. The smallest absolute Gasteiger partial charge is 0.248 e. The summed E-state index contributed by atoms with van der Waals surface area (Å²) >= 11 is 12.2. The number of hydrogen-bond donors (Lipinski definition) is 1. The summed E-state index contributed by atoms with van der Waals surface area (Å²) in [7, 11) is 0. The Hall–Kier alpha value is -3.08. The molecule has 4 aromatic rings. The van der Waals surface area contributed by atoms with Gasteiger partial charge < -0.3 is 5.32 Å². The second kappa shape index (κ2) is 8.34. The van der Waals surface area contributed by atoms with Gasteiger partial charge in [-0.05, 0) is 49.8 Å². The normalized spacial score (nSPS) is 11.3. The summed E-state index contributed by atoms with van der Waals surface area (Å²) in [6.45, 7) is 4.07. The molecule has 2 aromatic heterocycles. The molecule has 6 heteroatoms. The summed E-state index contributed by atoms with van der Waals surface area (Å²) in [6, 6.07) is 17.3. The maximum absolute atomic E-state index is 12.5. The number of nitrogens with one attached hydrogen (secondary N) is 1. The van der Waals surface area contributed by atoms with Gasteiger partial charge in [0, 0.05) is 17.8 Å². The Morgan fingerprint density at radius 3 is 2.57 bits per heavy atom. The Kier molecular flexibility index (Phi) is 5.62. The Bertz CT molecular complexity index is 1270. The largest absolute Gasteiger partial charge is 0.321 e. The van der Waals surface area contributed by atoms with Gasteiger partial charge in [-0.1, -0.05) is 59.1 Å². The topological polar surface area (TPSA) is 46.4 Å². The number of hydrogen-bond acceptors (Lipinski definition) is 2. The lowest BCUT2D eigenvalue weighted by Crippen LogP contribution is -2.08. The van der Waals surface area contributed by atoms with Gasteiger partial charge in [0.05, 0.1) is 27.1 Å². The highest BCUT2D eigenvalue weighted by Crippen LogP contribution is 2.30. The fourth-order valence-electron chi connectivity index (χ4n) is 3.18. The molecule has 0 aliphatic carbocycles. The number of carbonyl (C=O) groups excluding carboxylic acids is 1. The third kappa shape index (κ3) is 4.11. The lowest BCUT2D eigenvalue weighted by Gasteiger charge is -2.06. The summed E-state index contributed by atoms with van der Waals surface area (Å²) < 4.78 is 1.97. The molecule has 150 valence electrons. The van der Waals surface area contributed by atoms with Crippen molar-refractivity contribution in [1.82, 2.24) is 9.38 Å². The van der Waals surface area contributed by atoms with Crippen molar-refractivity contribution in [3.8, 4) is 11.3 Å². The highest BCUT2D eigenvalue weighted by molar-refractivity contribution is 6.44. The molecule has 2 aromatic carbocycles. The Morgan fingerprint density at radius 2 is 1.80 bits per heavy atom. The number of benzene rings is 2. The van der Waals surface area contributed by atoms with Gasteiger partial charge in [0.15, 0.2) is 0 Å². The predicted octanol–water partition coefficient (Wildman–Crippen LogP) is 6.58. The fraction of sp³-hybridized carbons (Fsp3) is 0.0833. The molecule has 4 rings (SSSR count). The van der Waals surface area contributed by atoms with Gasteiger partial charge in [-0.3, -0.25) is 9.20 Å². The van der Waals surface area contributed by atoms with E-state index in [2.05, 4.69) is 5.32 Å². The van der Waals surface area contributed by atoms with Gasteiger partial charge in [0.1, 0.15) is 5.65 Å². The summed E-state index contributed by atoms with van der Waals surface area (Å²) in [5.41, 5.74) is 6.20. The van der Waals surface area contributed by atoms with Crippen LogP contribution in [0.15, 0.2) is 66.9 Å². The number of fused-ring (bicyclic) bond motifs is 1. The van der Waals surface area contributed by atoms with Gasteiger partial charge in [0.2, 0.25) is 5.91 Å². The first kappa shape index (κ1) is 20.2. The van der Waals surface area contributed by atoms with E-state index in [0.29, 0.717) is 15.7 Å². The minimum absolute atomic E-state index is 0.309. The van der Waals surface area contributed by atoms with Gasteiger partial charge in [-0.25, -0.2) is 4.98 Å². The maximum atomic E-state index is 12.5. The van der Waals surface area contributed by atoms with Crippen molar-refractivity contribution in [3.63, 3.8) is 0 Å². The molecule has 0 fully saturated rings. The van der Waals surface area contributed by atoms with Crippen LogP contribution in [-0.2, 0) is 4.79 Å². The maximum Gasteiger partial charge on any atom is 0.248 e. The van der Waals surface area contributed by atoms with Crippen LogP contribution < -0.4 is 5.32 Å². The van der Waals surface area contributed by atoms with Crippen LogP contribution in [0.4, 0.5) is 5.69 Å². The second-order valence-electron chi connectivity index (χ2n) is 7.07. The third-order valence-corrected chi connectivity index (χ3v) is 5.56. The van der Waals surface area contributed by atoms with Crippen LogP contribution in [0.2, 0.25) is 10.0 Å². The van der Waals surface area contributed by atoms with E-state index in [9.17, 15) is 4.79 Å². The molecule has 0 spiro atoms. The molecule has 1 N–H and O–H groups in total. The molecule has 4 nitrogen and oxygen atoms in total. The quantitative estimate of drug-likeness (QED) is 0.368. The second-order valence-corrected chi connectivity index (χ2v) is 7.85. The van der Waals surface area contributed by atoms with Crippen LogP contribution in [0, 0.1) is 13.8 Å². The lowest BCUT2D eigenvalue weighted by atomic mass is 10.1. The van der Waals surface area contributed by atoms with Crippen LogP contribution in [0.25, 0.3) is 23.0 Å². The van der Waals surface area contributed by atoms with E-state index in [0.717, 1.165) is 28.2 Å². The molecule has 0 atom stereocenters. The van der Waals surface area contributed by atoms with Crippen molar-refractivity contribution < 1.29 is 4.79 Å². The van der Waals surface area contributed by atoms with Crippen molar-refractivity contribution in [1.29, 1.82) is 0 Å². The lowest BCUT2D eigenvalue weighted by molar-refractivity contribution is -0.111. The first-order valence-corrected chi connectivity index (χ1v) is 10.2. The first-order chi connectivity index (χ1) is 14.4. The molecule has 30 heavy (non-hydrogen) atoms. The highest BCUT2D eigenvalue weighted by Gasteiger charge is 2.13. The standard InChI is InChI=1S/C24H19Cl2N3O/c1-15-6-8-17(9-7-15)24-20(29-13-12-16(2)14-21(29)28-24)10-11-22(30)27-19-5-3-4-18(25)23(19)26/h3-14H,1-2H3,(H,27,30)/b11-10+. The summed E-state index contributed by atoms with van der Waals surface area (Å²) in [5.74, 6) is -0.309. The van der Waals surface area contributed by atoms with E-state index in [4.69, 9.17) is 28.2 Å². The number of aryl methyl sites for hydroxylation is 2. The van der Waals surface area contributed by atoms with Crippen LogP contribution in [0.1, 0.15) is 16.8 Å². The highest BCUT2D eigenvalue weighted by atomic mass is 35.5. The van der Waals surface area contributed by atoms with Crippen molar-refractivity contribution in [3.05, 3.63) is 93.7 Å². The van der Waals surface area contributed by atoms with Crippen molar-refractivity contribution in [2.45, 2.75) is 13.8 Å². The van der Waals surface area contributed by atoms with Crippen molar-refractivity contribution >= 4 is 46.5 Å². The zero-order chi connectivity index (χ0) is 21.3. The number of aromatic nitrogens is 2. The molecule has 0 aliphatic rings. The van der Waals surface area contributed by atoms with Gasteiger partial charge >= 0.3 is 0 Å². The Labute approximate surface area is 184 Å². The zero-order valence-electron chi connectivity index (χ0n) is 16.5. The Morgan fingerprint density at radius 1 is 1.03 bits per heavy atom. The van der Waals surface area contributed by atoms with E-state index in [1.54, 1.807) is 24.3 Å². The zero-order valence-corrected chi connectivity index (χ0v) is 18.0. The average Bonchev–Trinajstić information content (AvgIpc) is 3.08. The van der Waals surface area contributed by atoms with Crippen LogP contribution >= 0.6 is 23.2 Å². The molecular formula is C24H19Cl2N3O. The number of pyridine rings is 1. The molecule has 0 bridgehead atoms.